The molecule has 0 saturated carbocycles. The van der Waals surface area contributed by atoms with Crippen LogP contribution in [0.15, 0.2) is 12.2 Å². The van der Waals surface area contributed by atoms with Crippen molar-refractivity contribution in [2.24, 2.45) is 0 Å². The summed E-state index contributed by atoms with van der Waals surface area (Å²) in [7, 11) is 1.42. The van der Waals surface area contributed by atoms with Crippen LogP contribution in [-0.4, -0.2) is 60.3 Å². The Bertz CT molecular complexity index is 320. The van der Waals surface area contributed by atoms with E-state index in [0.29, 0.717) is 5.57 Å². The number of hydrogen-bond donors (Lipinski definition) is 3. The Morgan fingerprint density at radius 1 is 1.56 bits per heavy atom. The zero-order valence-electron chi connectivity index (χ0n) is 10.9. The van der Waals surface area contributed by atoms with Crippen molar-refractivity contribution in [1.82, 2.24) is 5.32 Å². The quantitative estimate of drug-likeness (QED) is 0.575. The maximum atomic E-state index is 11.6. The van der Waals surface area contributed by atoms with E-state index in [0.717, 1.165) is 0 Å². The summed E-state index contributed by atoms with van der Waals surface area (Å²) in [4.78, 5) is 11.6. The van der Waals surface area contributed by atoms with Gasteiger partial charge in [0.05, 0.1) is 18.8 Å². The summed E-state index contributed by atoms with van der Waals surface area (Å²) in [6, 6.07) is -0.595. The molecule has 0 aromatic carbocycles. The van der Waals surface area contributed by atoms with Crippen LogP contribution in [0.4, 0.5) is 0 Å². The van der Waals surface area contributed by atoms with Crippen molar-refractivity contribution in [3.8, 4) is 0 Å². The number of aliphatic hydroxyl groups is 2. The van der Waals surface area contributed by atoms with Gasteiger partial charge in [-0.05, 0) is 13.8 Å². The first kappa shape index (κ1) is 15.1. The van der Waals surface area contributed by atoms with E-state index in [1.54, 1.807) is 13.8 Å². The van der Waals surface area contributed by atoms with Crippen LogP contribution in [0.3, 0.4) is 0 Å². The third-order valence-electron chi connectivity index (χ3n) is 3.10. The van der Waals surface area contributed by atoms with Crippen LogP contribution in [0.25, 0.3) is 0 Å². The van der Waals surface area contributed by atoms with Gasteiger partial charge in [0.15, 0.2) is 0 Å². The Morgan fingerprint density at radius 2 is 2.17 bits per heavy atom. The van der Waals surface area contributed by atoms with Gasteiger partial charge in [-0.3, -0.25) is 4.79 Å². The molecule has 0 bridgehead atoms. The summed E-state index contributed by atoms with van der Waals surface area (Å²) >= 11 is 0. The molecule has 0 aliphatic carbocycles. The van der Waals surface area contributed by atoms with E-state index in [-0.39, 0.29) is 12.5 Å². The SMILES string of the molecule is C=C(C)C(=O)N[C@@H]1C(C)OC(CO)[C@@H](OC)[C@@H]1O. The first-order valence-corrected chi connectivity index (χ1v) is 5.86. The first-order valence-electron chi connectivity index (χ1n) is 5.86. The van der Waals surface area contributed by atoms with Crippen molar-refractivity contribution < 1.29 is 24.5 Å². The van der Waals surface area contributed by atoms with Crippen molar-refractivity contribution in [3.05, 3.63) is 12.2 Å². The van der Waals surface area contributed by atoms with Crippen LogP contribution in [0.1, 0.15) is 13.8 Å². The molecule has 6 nitrogen and oxygen atoms in total. The van der Waals surface area contributed by atoms with Gasteiger partial charge in [0.2, 0.25) is 5.91 Å². The molecule has 1 rings (SSSR count). The summed E-state index contributed by atoms with van der Waals surface area (Å²) in [5.74, 6) is -0.341. The molecule has 5 atom stereocenters. The predicted octanol–water partition coefficient (Wildman–Crippen LogP) is -0.797. The maximum Gasteiger partial charge on any atom is 0.246 e. The van der Waals surface area contributed by atoms with Crippen molar-refractivity contribution in [2.75, 3.05) is 13.7 Å². The highest BCUT2D eigenvalue weighted by Crippen LogP contribution is 2.23. The van der Waals surface area contributed by atoms with E-state index in [1.807, 2.05) is 0 Å². The average Bonchev–Trinajstić information content (AvgIpc) is 2.33. The molecule has 1 fully saturated rings. The molecule has 0 aromatic heterocycles. The molecule has 1 heterocycles. The molecule has 0 spiro atoms. The fraction of sp³-hybridized carbons (Fsp3) is 0.750. The van der Waals surface area contributed by atoms with Gasteiger partial charge in [-0.25, -0.2) is 0 Å². The Kier molecular flexibility index (Phi) is 5.28. The Labute approximate surface area is 107 Å². The van der Waals surface area contributed by atoms with Crippen LogP contribution >= 0.6 is 0 Å². The highest BCUT2D eigenvalue weighted by Gasteiger charge is 2.44. The summed E-state index contributed by atoms with van der Waals surface area (Å²) < 4.78 is 10.6. The van der Waals surface area contributed by atoms with Crippen LogP contribution in [0.5, 0.6) is 0 Å². The highest BCUT2D eigenvalue weighted by molar-refractivity contribution is 5.92. The molecule has 18 heavy (non-hydrogen) atoms. The fourth-order valence-corrected chi connectivity index (χ4v) is 2.06. The Balaban J connectivity index is 2.79. The fourth-order valence-electron chi connectivity index (χ4n) is 2.06. The van der Waals surface area contributed by atoms with Crippen molar-refractivity contribution in [3.63, 3.8) is 0 Å². The molecule has 1 aliphatic heterocycles. The summed E-state index contributed by atoms with van der Waals surface area (Å²) in [5, 5.41) is 22.0. The van der Waals surface area contributed by atoms with E-state index in [1.165, 1.54) is 7.11 Å². The molecule has 1 saturated heterocycles. The number of nitrogens with one attached hydrogen (secondary N) is 1. The lowest BCUT2D eigenvalue weighted by atomic mass is 9.93. The van der Waals surface area contributed by atoms with Crippen LogP contribution in [-0.2, 0) is 14.3 Å². The second-order valence-corrected chi connectivity index (χ2v) is 4.53. The number of methoxy groups -OCH3 is 1. The number of carbonyl (C=O) groups is 1. The molecule has 0 radical (unpaired) electrons. The van der Waals surface area contributed by atoms with Gasteiger partial charge >= 0.3 is 0 Å². The lowest BCUT2D eigenvalue weighted by Gasteiger charge is -2.42. The minimum Gasteiger partial charge on any atom is -0.394 e. The third kappa shape index (κ3) is 3.08. The lowest BCUT2D eigenvalue weighted by molar-refractivity contribution is -0.199. The predicted molar refractivity (Wildman–Crippen MR) is 65.0 cm³/mol. The molecule has 6 heteroatoms. The number of amides is 1. The van der Waals surface area contributed by atoms with Crippen LogP contribution in [0.2, 0.25) is 0 Å². The second-order valence-electron chi connectivity index (χ2n) is 4.53. The van der Waals surface area contributed by atoms with Gasteiger partial charge < -0.3 is 25.0 Å². The molecule has 3 N–H and O–H groups in total. The van der Waals surface area contributed by atoms with E-state index < -0.39 is 30.5 Å². The van der Waals surface area contributed by atoms with Gasteiger partial charge in [-0.1, -0.05) is 6.58 Å². The number of hydrogen-bond acceptors (Lipinski definition) is 5. The highest BCUT2D eigenvalue weighted by atomic mass is 16.6. The van der Waals surface area contributed by atoms with Gasteiger partial charge in [0.25, 0.3) is 0 Å². The zero-order chi connectivity index (χ0) is 13.9. The molecular weight excluding hydrogens is 238 g/mol. The summed E-state index contributed by atoms with van der Waals surface area (Å²) in [5.41, 5.74) is 0.354. The molecule has 1 aliphatic rings. The van der Waals surface area contributed by atoms with Crippen LogP contribution < -0.4 is 5.32 Å². The second kappa shape index (κ2) is 6.29. The molecule has 2 unspecified atom stereocenters. The molecule has 1 amide bonds. The van der Waals surface area contributed by atoms with Gasteiger partial charge in [0.1, 0.15) is 18.3 Å². The minimum atomic E-state index is -0.945. The van der Waals surface area contributed by atoms with Gasteiger partial charge in [0, 0.05) is 12.7 Å². The van der Waals surface area contributed by atoms with Crippen molar-refractivity contribution >= 4 is 5.91 Å². The summed E-state index contributed by atoms with van der Waals surface area (Å²) in [6.45, 7) is 6.59. The monoisotopic (exact) mass is 259 g/mol. The van der Waals surface area contributed by atoms with Crippen LogP contribution in [0, 0.1) is 0 Å². The van der Waals surface area contributed by atoms with Gasteiger partial charge in [-0.15, -0.1) is 0 Å². The topological polar surface area (TPSA) is 88.0 Å². The smallest absolute Gasteiger partial charge is 0.246 e. The van der Waals surface area contributed by atoms with Crippen molar-refractivity contribution in [1.29, 1.82) is 0 Å². The number of aliphatic hydroxyl groups excluding tert-OH is 2. The maximum absolute atomic E-state index is 11.6. The number of rotatable bonds is 4. The van der Waals surface area contributed by atoms with E-state index in [2.05, 4.69) is 11.9 Å². The molecule has 104 valence electrons. The third-order valence-corrected chi connectivity index (χ3v) is 3.10. The van der Waals surface area contributed by atoms with Gasteiger partial charge in [-0.2, -0.15) is 0 Å². The first-order chi connectivity index (χ1) is 8.42. The lowest BCUT2D eigenvalue weighted by Crippen LogP contribution is -2.63. The normalized spacial score (nSPS) is 36.2. The van der Waals surface area contributed by atoms with E-state index in [4.69, 9.17) is 14.6 Å². The number of ether oxygens (including phenoxy) is 2. The number of carbonyl (C=O) groups excluding carboxylic acids is 1. The largest absolute Gasteiger partial charge is 0.394 e. The Hall–Kier alpha value is -0.950. The molecule has 0 aromatic rings. The minimum absolute atomic E-state index is 0.249. The summed E-state index contributed by atoms with van der Waals surface area (Å²) in [6.07, 6.45) is -2.65. The van der Waals surface area contributed by atoms with E-state index >= 15 is 0 Å². The molecular formula is C12H21NO5. The zero-order valence-corrected chi connectivity index (χ0v) is 10.9. The standard InChI is InChI=1S/C12H21NO5/c1-6(2)12(16)13-9-7(3)18-8(5-14)11(17-4)10(9)15/h7-11,14-15H,1,5H2,2-4H3,(H,13,16)/t7?,8?,9-,10-,11-/m1/s1. The average molecular weight is 259 g/mol. The van der Waals surface area contributed by atoms with E-state index in [9.17, 15) is 9.90 Å². The Morgan fingerprint density at radius 3 is 2.61 bits per heavy atom. The van der Waals surface area contributed by atoms with Crippen molar-refractivity contribution in [2.45, 2.75) is 44.3 Å².